The maximum absolute atomic E-state index is 13.6. The smallest absolute Gasteiger partial charge is 0.416 e. The Kier molecular flexibility index (Phi) is 14.1. The van der Waals surface area contributed by atoms with E-state index in [1.54, 1.807) is 54.3 Å². The first-order chi connectivity index (χ1) is 25.1. The second kappa shape index (κ2) is 18.4. The van der Waals surface area contributed by atoms with Crippen molar-refractivity contribution in [1.82, 2.24) is 9.80 Å². The first kappa shape index (κ1) is 40.5. The van der Waals surface area contributed by atoms with Crippen LogP contribution in [0.25, 0.3) is 0 Å². The number of amides is 5. The largest absolute Gasteiger partial charge is 0.488 e. The Morgan fingerprint density at radius 3 is 2.25 bits per heavy atom. The summed E-state index contributed by atoms with van der Waals surface area (Å²) in [6.45, 7) is 3.60. The Bertz CT molecular complexity index is 1740. The monoisotopic (exact) mass is 740 g/mol. The molecule has 286 valence electrons. The number of anilines is 4. The normalized spacial score (nSPS) is 16.6. The number of unbranched alkanes of at least 4 members (excludes halogenated alkanes) is 2. The summed E-state index contributed by atoms with van der Waals surface area (Å²) in [5.74, 6) is -0.567. The molecule has 0 saturated heterocycles. The van der Waals surface area contributed by atoms with Crippen LogP contribution in [0.1, 0.15) is 57.1 Å². The third-order valence-electron chi connectivity index (χ3n) is 9.01. The van der Waals surface area contributed by atoms with E-state index in [1.807, 2.05) is 6.92 Å². The number of urea groups is 1. The van der Waals surface area contributed by atoms with E-state index >= 15 is 0 Å². The number of carbonyl (C=O) groups is 4. The van der Waals surface area contributed by atoms with Gasteiger partial charge in [0.05, 0.1) is 42.6 Å². The second-order valence-electron chi connectivity index (χ2n) is 13.3. The number of para-hydroxylation sites is 2. The number of rotatable bonds is 13. The second-order valence-corrected chi connectivity index (χ2v) is 13.3. The van der Waals surface area contributed by atoms with Crippen LogP contribution in [-0.4, -0.2) is 77.5 Å². The summed E-state index contributed by atoms with van der Waals surface area (Å²) in [5, 5.41) is 18.2. The van der Waals surface area contributed by atoms with Crippen LogP contribution in [0.2, 0.25) is 0 Å². The predicted molar refractivity (Wildman–Crippen MR) is 196 cm³/mol. The number of hydrogen-bond donors (Lipinski definition) is 5. The van der Waals surface area contributed by atoms with Crippen molar-refractivity contribution in [1.29, 1.82) is 0 Å². The zero-order valence-corrected chi connectivity index (χ0v) is 30.0. The van der Waals surface area contributed by atoms with Crippen molar-refractivity contribution in [3.63, 3.8) is 0 Å². The van der Waals surface area contributed by atoms with Gasteiger partial charge in [0.1, 0.15) is 11.9 Å². The van der Waals surface area contributed by atoms with Gasteiger partial charge in [-0.15, -0.1) is 0 Å². The minimum atomic E-state index is -4.50. The van der Waals surface area contributed by atoms with E-state index in [9.17, 15) is 37.5 Å². The molecule has 3 aromatic carbocycles. The maximum Gasteiger partial charge on any atom is 0.416 e. The number of aliphatic hydroxyl groups excluding tert-OH is 1. The van der Waals surface area contributed by atoms with E-state index in [1.165, 1.54) is 24.1 Å². The molecule has 0 saturated carbocycles. The van der Waals surface area contributed by atoms with Gasteiger partial charge in [0.25, 0.3) is 0 Å². The Morgan fingerprint density at radius 1 is 0.962 bits per heavy atom. The molecule has 1 heterocycles. The number of likely N-dealkylation sites (N-methyl/N-ethyl adjacent to an activating group) is 1. The molecule has 3 aromatic rings. The molecule has 12 nitrogen and oxygen atoms in total. The molecular weight excluding hydrogens is 693 g/mol. The average molecular weight is 741 g/mol. The highest BCUT2D eigenvalue weighted by molar-refractivity contribution is 5.94. The molecule has 3 atom stereocenters. The van der Waals surface area contributed by atoms with Crippen molar-refractivity contribution in [2.24, 2.45) is 5.92 Å². The van der Waals surface area contributed by atoms with Gasteiger partial charge in [0.15, 0.2) is 0 Å². The lowest BCUT2D eigenvalue weighted by atomic mass is 10.0. The van der Waals surface area contributed by atoms with Gasteiger partial charge < -0.3 is 41.3 Å². The molecule has 6 N–H and O–H groups in total. The van der Waals surface area contributed by atoms with Crippen molar-refractivity contribution in [3.8, 4) is 5.75 Å². The molecule has 4 rings (SSSR count). The first-order valence-corrected chi connectivity index (χ1v) is 17.5. The minimum absolute atomic E-state index is 0.0586. The molecule has 5 amide bonds. The van der Waals surface area contributed by atoms with Crippen LogP contribution in [0.3, 0.4) is 0 Å². The number of alkyl halides is 3. The van der Waals surface area contributed by atoms with Crippen LogP contribution in [-0.2, 0) is 27.0 Å². The average Bonchev–Trinajstić information content (AvgIpc) is 3.15. The lowest BCUT2D eigenvalue weighted by molar-refractivity contribution is -0.137. The van der Waals surface area contributed by atoms with Crippen molar-refractivity contribution in [2.75, 3.05) is 48.4 Å². The topological polar surface area (TPSA) is 166 Å². The van der Waals surface area contributed by atoms with Crippen LogP contribution in [0.15, 0.2) is 66.7 Å². The molecule has 0 unspecified atom stereocenters. The summed E-state index contributed by atoms with van der Waals surface area (Å²) in [4.78, 5) is 54.6. The van der Waals surface area contributed by atoms with Gasteiger partial charge in [0, 0.05) is 49.3 Å². The number of halogens is 3. The molecule has 0 aliphatic carbocycles. The fourth-order valence-corrected chi connectivity index (χ4v) is 5.83. The highest BCUT2D eigenvalue weighted by Gasteiger charge is 2.33. The van der Waals surface area contributed by atoms with Gasteiger partial charge in [0.2, 0.25) is 17.7 Å². The van der Waals surface area contributed by atoms with E-state index in [0.29, 0.717) is 54.1 Å². The Labute approximate surface area is 306 Å². The molecule has 0 spiro atoms. The molecule has 0 aromatic heterocycles. The number of nitrogens with two attached hydrogens (primary N) is 1. The third-order valence-corrected chi connectivity index (χ3v) is 9.01. The molecule has 53 heavy (non-hydrogen) atoms. The first-order valence-electron chi connectivity index (χ1n) is 17.5. The van der Waals surface area contributed by atoms with Gasteiger partial charge in [-0.1, -0.05) is 25.5 Å². The summed E-state index contributed by atoms with van der Waals surface area (Å²) >= 11 is 0. The number of nitrogen functional groups attached to an aromatic ring is 1. The summed E-state index contributed by atoms with van der Waals surface area (Å²) in [6, 6.07) is 15.0. The lowest BCUT2D eigenvalue weighted by Crippen LogP contribution is -2.48. The van der Waals surface area contributed by atoms with Gasteiger partial charge in [-0.2, -0.15) is 13.2 Å². The van der Waals surface area contributed by atoms with Crippen LogP contribution >= 0.6 is 0 Å². The number of nitrogens with zero attached hydrogens (tertiary/aromatic N) is 2. The number of nitrogens with one attached hydrogen (secondary N) is 3. The molecule has 15 heteroatoms. The fraction of sp³-hybridized carbons (Fsp3) is 0.421. The number of benzene rings is 3. The van der Waals surface area contributed by atoms with Gasteiger partial charge >= 0.3 is 12.2 Å². The third kappa shape index (κ3) is 11.9. The Balaban J connectivity index is 1.38. The van der Waals surface area contributed by atoms with Gasteiger partial charge in [-0.05, 0) is 74.4 Å². The van der Waals surface area contributed by atoms with E-state index < -0.39 is 29.9 Å². The molecule has 1 aliphatic heterocycles. The van der Waals surface area contributed by atoms with Crippen LogP contribution in [0, 0.1) is 5.92 Å². The van der Waals surface area contributed by atoms with E-state index in [-0.39, 0.29) is 61.9 Å². The quantitative estimate of drug-likeness (QED) is 0.104. The lowest BCUT2D eigenvalue weighted by Gasteiger charge is -2.34. The fourth-order valence-electron chi connectivity index (χ4n) is 5.83. The molecule has 0 bridgehead atoms. The van der Waals surface area contributed by atoms with Crippen LogP contribution in [0.5, 0.6) is 5.75 Å². The standard InChI is InChI=1S/C38H47F3N6O6/c1-24-21-47(25(2)23-48)36(51)20-26-19-29(43-34(49)11-5-4-6-12-35(50)45-31-10-8-7-9-30(31)42)17-18-32(26)53-33(24)22-46(3)37(52)44-28-15-13-27(14-16-28)38(39,40)41/h7-10,13-19,24-25,33,48H,4-6,11-12,20-23,42H2,1-3H3,(H,43,49)(H,44,52)(H,45,50)/t24-,25+,33-/m1/s1. The van der Waals surface area contributed by atoms with Gasteiger partial charge in [-0.25, -0.2) is 4.79 Å². The predicted octanol–water partition coefficient (Wildman–Crippen LogP) is 6.13. The summed E-state index contributed by atoms with van der Waals surface area (Å²) < 4.78 is 45.4. The summed E-state index contributed by atoms with van der Waals surface area (Å²) in [6.07, 6.45) is -2.87. The number of fused-ring (bicyclic) bond motifs is 1. The van der Waals surface area contributed by atoms with E-state index in [2.05, 4.69) is 16.0 Å². The maximum atomic E-state index is 13.6. The molecular formula is C38H47F3N6O6. The summed E-state index contributed by atoms with van der Waals surface area (Å²) in [7, 11) is 1.52. The molecule has 1 aliphatic rings. The zero-order chi connectivity index (χ0) is 38.7. The number of ether oxygens (including phenoxy) is 1. The van der Waals surface area contributed by atoms with Crippen LogP contribution in [0.4, 0.5) is 40.7 Å². The highest BCUT2D eigenvalue weighted by Crippen LogP contribution is 2.31. The van der Waals surface area contributed by atoms with Crippen molar-refractivity contribution in [3.05, 3.63) is 77.9 Å². The van der Waals surface area contributed by atoms with E-state index in [4.69, 9.17) is 10.5 Å². The molecule has 0 radical (unpaired) electrons. The number of carbonyl (C=O) groups excluding carboxylic acids is 4. The Morgan fingerprint density at radius 2 is 1.60 bits per heavy atom. The minimum Gasteiger partial charge on any atom is -0.488 e. The van der Waals surface area contributed by atoms with Gasteiger partial charge in [-0.3, -0.25) is 14.4 Å². The van der Waals surface area contributed by atoms with Crippen molar-refractivity contribution < 1.29 is 42.2 Å². The highest BCUT2D eigenvalue weighted by atomic mass is 19.4. The summed E-state index contributed by atoms with van der Waals surface area (Å²) in [5.41, 5.74) is 7.23. The molecule has 0 fully saturated rings. The van der Waals surface area contributed by atoms with Crippen LogP contribution < -0.4 is 26.4 Å². The number of hydrogen-bond acceptors (Lipinski definition) is 7. The SMILES string of the molecule is C[C@@H]1CN([C@@H](C)CO)C(=O)Cc2cc(NC(=O)CCCCCC(=O)Nc3ccccc3N)ccc2O[C@@H]1CN(C)C(=O)Nc1ccc(C(F)(F)F)cc1. The number of aliphatic hydroxyl groups is 1. The zero-order valence-electron chi connectivity index (χ0n) is 30.0. The Hall–Kier alpha value is -5.31. The van der Waals surface area contributed by atoms with Crippen molar-refractivity contribution in [2.45, 2.75) is 70.7 Å². The van der Waals surface area contributed by atoms with E-state index in [0.717, 1.165) is 12.1 Å². The van der Waals surface area contributed by atoms with Crippen molar-refractivity contribution >= 4 is 46.5 Å².